The van der Waals surface area contributed by atoms with E-state index in [1.165, 1.54) is 0 Å². The molecule has 0 radical (unpaired) electrons. The molecule has 2 atom stereocenters. The zero-order valence-corrected chi connectivity index (χ0v) is 14.4. The topological polar surface area (TPSA) is 22.9 Å². The van der Waals surface area contributed by atoms with Gasteiger partial charge in [0.1, 0.15) is 31.0 Å². The maximum Gasteiger partial charge on any atom is 0.122 e. The van der Waals surface area contributed by atoms with Crippen LogP contribution in [-0.4, -0.2) is 38.4 Å². The Balaban J connectivity index is 1.78. The van der Waals surface area contributed by atoms with Crippen LogP contribution in [0.15, 0.2) is 30.9 Å². The summed E-state index contributed by atoms with van der Waals surface area (Å²) in [4.78, 5) is 1.61. The number of hydrogen-bond acceptors (Lipinski definition) is 2. The molecule has 1 aliphatic rings. The van der Waals surface area contributed by atoms with Crippen LogP contribution in [0, 0.1) is 0 Å². The van der Waals surface area contributed by atoms with E-state index in [4.69, 9.17) is 21.1 Å². The summed E-state index contributed by atoms with van der Waals surface area (Å²) in [7, 11) is 0. The van der Waals surface area contributed by atoms with Gasteiger partial charge in [0.15, 0.2) is 0 Å². The number of allylic oxidation sites excluding steroid dienone is 1. The maximum absolute atomic E-state index is 6.04. The first kappa shape index (κ1) is 17.3. The average Bonchev–Trinajstić information content (AvgIpc) is 2.45. The smallest absolute Gasteiger partial charge is 0.122 e. The lowest BCUT2D eigenvalue weighted by Crippen LogP contribution is -3.15. The normalized spacial score (nSPS) is 25.0. The van der Waals surface area contributed by atoms with Crippen molar-refractivity contribution in [2.45, 2.75) is 38.9 Å². The summed E-state index contributed by atoms with van der Waals surface area (Å²) < 4.78 is 11.7. The summed E-state index contributed by atoms with van der Waals surface area (Å²) >= 11 is 6.04. The Morgan fingerprint density at radius 1 is 1.36 bits per heavy atom. The van der Waals surface area contributed by atoms with E-state index >= 15 is 0 Å². The Labute approximate surface area is 138 Å². The monoisotopic (exact) mass is 324 g/mol. The minimum atomic E-state index is 0.357. The molecule has 3 nitrogen and oxygen atoms in total. The Kier molecular flexibility index (Phi) is 6.74. The molecule has 0 aromatic heterocycles. The minimum absolute atomic E-state index is 0.357. The molecule has 1 saturated heterocycles. The molecule has 1 fully saturated rings. The van der Waals surface area contributed by atoms with Crippen molar-refractivity contribution in [1.82, 2.24) is 0 Å². The summed E-state index contributed by atoms with van der Waals surface area (Å²) in [6.07, 6.45) is 4.41. The van der Waals surface area contributed by atoms with Crippen LogP contribution in [0.1, 0.15) is 25.8 Å². The fourth-order valence-corrected chi connectivity index (χ4v) is 3.30. The third-order valence-electron chi connectivity index (χ3n) is 3.94. The minimum Gasteiger partial charge on any atom is -0.493 e. The van der Waals surface area contributed by atoms with Crippen molar-refractivity contribution in [1.29, 1.82) is 0 Å². The quantitative estimate of drug-likeness (QED) is 0.615. The predicted molar refractivity (Wildman–Crippen MR) is 91.0 cm³/mol. The van der Waals surface area contributed by atoms with Gasteiger partial charge >= 0.3 is 0 Å². The van der Waals surface area contributed by atoms with E-state index in [1.54, 1.807) is 4.90 Å². The molecule has 4 heteroatoms. The van der Waals surface area contributed by atoms with E-state index in [0.717, 1.165) is 55.4 Å². The van der Waals surface area contributed by atoms with Gasteiger partial charge < -0.3 is 14.4 Å². The molecule has 0 saturated carbocycles. The molecular formula is C18H27ClNO2+. The van der Waals surface area contributed by atoms with Crippen LogP contribution in [0.2, 0.25) is 5.02 Å². The predicted octanol–water partition coefficient (Wildman–Crippen LogP) is 2.53. The molecule has 1 aliphatic heterocycles. The highest BCUT2D eigenvalue weighted by Gasteiger charge is 2.24. The van der Waals surface area contributed by atoms with Gasteiger partial charge in [-0.3, -0.25) is 0 Å². The standard InChI is InChI=1S/C18H26ClNO2/c1-4-6-16-11-17(19)7-8-18(16)21-10-5-9-20-12-14(2)22-15(3)13-20/h4,7-8,11,14-15H,1,5-6,9-10,12-13H2,2-3H3/p+1/t14-,15-/m0/s1. The van der Waals surface area contributed by atoms with Gasteiger partial charge in [-0.2, -0.15) is 0 Å². The Hall–Kier alpha value is -1.03. The van der Waals surface area contributed by atoms with Crippen molar-refractivity contribution < 1.29 is 14.4 Å². The molecule has 1 heterocycles. The second kappa shape index (κ2) is 8.56. The van der Waals surface area contributed by atoms with Crippen LogP contribution in [0.3, 0.4) is 0 Å². The molecule has 0 aliphatic carbocycles. The lowest BCUT2D eigenvalue weighted by Gasteiger charge is -2.32. The average molecular weight is 325 g/mol. The molecule has 22 heavy (non-hydrogen) atoms. The van der Waals surface area contributed by atoms with Crippen LogP contribution in [0.4, 0.5) is 0 Å². The van der Waals surface area contributed by atoms with Gasteiger partial charge in [0, 0.05) is 11.4 Å². The van der Waals surface area contributed by atoms with Crippen LogP contribution >= 0.6 is 11.6 Å². The number of halogens is 1. The number of quaternary nitrogens is 1. The first-order valence-corrected chi connectivity index (χ1v) is 8.47. The van der Waals surface area contributed by atoms with Gasteiger partial charge in [-0.15, -0.1) is 6.58 Å². The van der Waals surface area contributed by atoms with E-state index in [9.17, 15) is 0 Å². The molecule has 0 unspecified atom stereocenters. The molecule has 2 rings (SSSR count). The van der Waals surface area contributed by atoms with E-state index in [1.807, 2.05) is 24.3 Å². The largest absolute Gasteiger partial charge is 0.493 e. The van der Waals surface area contributed by atoms with E-state index < -0.39 is 0 Å². The molecule has 0 spiro atoms. The first-order valence-electron chi connectivity index (χ1n) is 8.09. The van der Waals surface area contributed by atoms with E-state index in [0.29, 0.717) is 12.2 Å². The molecule has 1 aromatic rings. The van der Waals surface area contributed by atoms with Crippen molar-refractivity contribution in [3.8, 4) is 5.75 Å². The lowest BCUT2D eigenvalue weighted by atomic mass is 10.1. The van der Waals surface area contributed by atoms with Crippen molar-refractivity contribution in [3.05, 3.63) is 41.4 Å². The molecule has 0 bridgehead atoms. The van der Waals surface area contributed by atoms with Gasteiger partial charge in [0.2, 0.25) is 0 Å². The summed E-state index contributed by atoms with van der Waals surface area (Å²) in [6, 6.07) is 5.78. The molecule has 1 aromatic carbocycles. The van der Waals surface area contributed by atoms with Crippen molar-refractivity contribution in [2.75, 3.05) is 26.2 Å². The third-order valence-corrected chi connectivity index (χ3v) is 4.17. The SMILES string of the molecule is C=CCc1cc(Cl)ccc1OCCC[NH+]1C[C@H](C)O[C@@H](C)C1. The van der Waals surface area contributed by atoms with Crippen molar-refractivity contribution in [2.24, 2.45) is 0 Å². The Morgan fingerprint density at radius 2 is 2.09 bits per heavy atom. The van der Waals surface area contributed by atoms with Crippen molar-refractivity contribution in [3.63, 3.8) is 0 Å². The molecule has 1 N–H and O–H groups in total. The lowest BCUT2D eigenvalue weighted by molar-refractivity contribution is -0.915. The number of nitrogens with one attached hydrogen (secondary N) is 1. The van der Waals surface area contributed by atoms with Crippen LogP contribution < -0.4 is 9.64 Å². The zero-order chi connectivity index (χ0) is 15.9. The van der Waals surface area contributed by atoms with Gasteiger partial charge in [-0.05, 0) is 44.0 Å². The highest BCUT2D eigenvalue weighted by atomic mass is 35.5. The van der Waals surface area contributed by atoms with Gasteiger partial charge in [0.25, 0.3) is 0 Å². The van der Waals surface area contributed by atoms with Gasteiger partial charge in [-0.1, -0.05) is 17.7 Å². The Morgan fingerprint density at radius 3 is 2.77 bits per heavy atom. The fraction of sp³-hybridized carbons (Fsp3) is 0.556. The summed E-state index contributed by atoms with van der Waals surface area (Å²) in [5.41, 5.74) is 1.10. The molecule has 0 amide bonds. The fourth-order valence-electron chi connectivity index (χ4n) is 3.10. The third kappa shape index (κ3) is 5.31. The van der Waals surface area contributed by atoms with Gasteiger partial charge in [0.05, 0.1) is 13.2 Å². The van der Waals surface area contributed by atoms with Crippen LogP contribution in [-0.2, 0) is 11.2 Å². The first-order chi connectivity index (χ1) is 10.6. The summed E-state index contributed by atoms with van der Waals surface area (Å²) in [6.45, 7) is 12.1. The number of morpholine rings is 1. The second-order valence-electron chi connectivity index (χ2n) is 6.11. The Bertz CT molecular complexity index is 482. The molecular weight excluding hydrogens is 298 g/mol. The molecule has 122 valence electrons. The highest BCUT2D eigenvalue weighted by Crippen LogP contribution is 2.23. The van der Waals surface area contributed by atoms with E-state index in [2.05, 4.69) is 20.4 Å². The number of rotatable bonds is 7. The zero-order valence-electron chi connectivity index (χ0n) is 13.6. The highest BCUT2D eigenvalue weighted by molar-refractivity contribution is 6.30. The second-order valence-corrected chi connectivity index (χ2v) is 6.55. The van der Waals surface area contributed by atoms with Gasteiger partial charge in [-0.25, -0.2) is 0 Å². The van der Waals surface area contributed by atoms with Crippen LogP contribution in [0.5, 0.6) is 5.75 Å². The summed E-state index contributed by atoms with van der Waals surface area (Å²) in [5, 5.41) is 0.741. The summed E-state index contributed by atoms with van der Waals surface area (Å²) in [5.74, 6) is 0.919. The van der Waals surface area contributed by atoms with E-state index in [-0.39, 0.29) is 0 Å². The van der Waals surface area contributed by atoms with Crippen LogP contribution in [0.25, 0.3) is 0 Å². The maximum atomic E-state index is 6.04. The number of benzene rings is 1. The number of ether oxygens (including phenoxy) is 2. The number of hydrogen-bond donors (Lipinski definition) is 1. The van der Waals surface area contributed by atoms with Crippen molar-refractivity contribution >= 4 is 11.6 Å².